The summed E-state index contributed by atoms with van der Waals surface area (Å²) in [5.41, 5.74) is -0.570. The largest absolute Gasteiger partial charge is 0.463 e. The first-order chi connectivity index (χ1) is 16.4. The van der Waals surface area contributed by atoms with Crippen LogP contribution in [-0.2, 0) is 28.6 Å². The van der Waals surface area contributed by atoms with E-state index in [4.69, 9.17) is 14.2 Å². The van der Waals surface area contributed by atoms with E-state index in [0.29, 0.717) is 58.2 Å². The van der Waals surface area contributed by atoms with Crippen molar-refractivity contribution in [1.29, 1.82) is 0 Å². The standard InChI is InChI=1S/C23H42N2O9/c1-32-14-15-33-16-17-34-21(30)6-2-10-25-20(29)18-19(22(25)31)24-23(7-3-11-26,8-4-12-27)9-5-13-28/h19,24,26-28H,2-18H2,1H3. The van der Waals surface area contributed by atoms with Gasteiger partial charge in [-0.2, -0.15) is 0 Å². The SMILES string of the molecule is COCCOCCOC(=O)CCCN1C(=O)CC(NC(CCCO)(CCCO)CCCO)C1=O. The monoisotopic (exact) mass is 490 g/mol. The van der Waals surface area contributed by atoms with E-state index in [1.807, 2.05) is 0 Å². The zero-order valence-electron chi connectivity index (χ0n) is 20.3. The van der Waals surface area contributed by atoms with Crippen LogP contribution in [-0.4, -0.2) is 109 Å². The van der Waals surface area contributed by atoms with Crippen molar-refractivity contribution in [3.8, 4) is 0 Å². The molecule has 1 rings (SSSR count). The molecule has 1 fully saturated rings. The molecular weight excluding hydrogens is 448 g/mol. The molecule has 2 amide bonds. The lowest BCUT2D eigenvalue weighted by atomic mass is 9.83. The Morgan fingerprint density at radius 1 is 0.971 bits per heavy atom. The van der Waals surface area contributed by atoms with Gasteiger partial charge in [0.15, 0.2) is 0 Å². The lowest BCUT2D eigenvalue weighted by Gasteiger charge is -2.37. The number of ether oxygens (including phenoxy) is 3. The molecule has 0 bridgehead atoms. The van der Waals surface area contributed by atoms with Crippen LogP contribution in [0.4, 0.5) is 0 Å². The predicted octanol–water partition coefficient (Wildman–Crippen LogP) is -0.254. The number of carbonyl (C=O) groups excluding carboxylic acids is 3. The van der Waals surface area contributed by atoms with Crippen LogP contribution in [0.15, 0.2) is 0 Å². The number of methoxy groups -OCH3 is 1. The molecule has 1 aliphatic rings. The maximum absolute atomic E-state index is 12.9. The van der Waals surface area contributed by atoms with Gasteiger partial charge in [-0.05, 0) is 44.9 Å². The molecule has 0 spiro atoms. The fourth-order valence-electron chi connectivity index (χ4n) is 4.16. The minimum absolute atomic E-state index is 0.0132. The van der Waals surface area contributed by atoms with Crippen molar-refractivity contribution in [3.05, 3.63) is 0 Å². The number of aliphatic hydroxyl groups excluding tert-OH is 3. The fourth-order valence-corrected chi connectivity index (χ4v) is 4.16. The maximum atomic E-state index is 12.9. The van der Waals surface area contributed by atoms with Gasteiger partial charge in [0, 0.05) is 45.4 Å². The van der Waals surface area contributed by atoms with Crippen LogP contribution in [0.2, 0.25) is 0 Å². The van der Waals surface area contributed by atoms with Crippen molar-refractivity contribution in [3.63, 3.8) is 0 Å². The number of amides is 2. The molecule has 1 aliphatic heterocycles. The number of carbonyl (C=O) groups is 3. The fraction of sp³-hybridized carbons (Fsp3) is 0.870. The lowest BCUT2D eigenvalue weighted by molar-refractivity contribution is -0.146. The van der Waals surface area contributed by atoms with Gasteiger partial charge in [-0.25, -0.2) is 0 Å². The summed E-state index contributed by atoms with van der Waals surface area (Å²) in [5, 5.41) is 31.3. The summed E-state index contributed by atoms with van der Waals surface area (Å²) in [7, 11) is 1.57. The van der Waals surface area contributed by atoms with Crippen molar-refractivity contribution >= 4 is 17.8 Å². The number of hydrogen-bond acceptors (Lipinski definition) is 10. The number of nitrogens with one attached hydrogen (secondary N) is 1. The Labute approximate surface area is 201 Å². The minimum Gasteiger partial charge on any atom is -0.463 e. The number of likely N-dealkylation sites (tertiary alicyclic amines) is 1. The number of aliphatic hydroxyl groups is 3. The van der Waals surface area contributed by atoms with Crippen LogP contribution in [0.25, 0.3) is 0 Å². The van der Waals surface area contributed by atoms with E-state index in [-0.39, 0.29) is 64.2 Å². The average molecular weight is 491 g/mol. The van der Waals surface area contributed by atoms with E-state index >= 15 is 0 Å². The smallest absolute Gasteiger partial charge is 0.305 e. The average Bonchev–Trinajstić information content (AvgIpc) is 3.09. The molecule has 198 valence electrons. The second-order valence-electron chi connectivity index (χ2n) is 8.48. The minimum atomic E-state index is -0.709. The highest BCUT2D eigenvalue weighted by Crippen LogP contribution is 2.28. The summed E-state index contributed by atoms with van der Waals surface area (Å²) in [6, 6.07) is -0.709. The van der Waals surface area contributed by atoms with Gasteiger partial charge in [0.25, 0.3) is 0 Å². The van der Waals surface area contributed by atoms with Crippen LogP contribution >= 0.6 is 0 Å². The van der Waals surface area contributed by atoms with E-state index in [2.05, 4.69) is 5.32 Å². The third-order valence-corrected chi connectivity index (χ3v) is 5.85. The van der Waals surface area contributed by atoms with Crippen LogP contribution in [0.1, 0.15) is 57.8 Å². The highest BCUT2D eigenvalue weighted by molar-refractivity contribution is 6.05. The molecule has 4 N–H and O–H groups in total. The molecular formula is C23H42N2O9. The predicted molar refractivity (Wildman–Crippen MR) is 123 cm³/mol. The Kier molecular flexibility index (Phi) is 15.9. The molecule has 1 heterocycles. The van der Waals surface area contributed by atoms with Crippen molar-refractivity contribution in [2.45, 2.75) is 69.4 Å². The van der Waals surface area contributed by atoms with Gasteiger partial charge in [-0.15, -0.1) is 0 Å². The topological polar surface area (TPSA) is 155 Å². The molecule has 0 aromatic rings. The second kappa shape index (κ2) is 17.8. The van der Waals surface area contributed by atoms with Gasteiger partial charge in [-0.3, -0.25) is 24.6 Å². The summed E-state index contributed by atoms with van der Waals surface area (Å²) < 4.78 is 15.1. The lowest BCUT2D eigenvalue weighted by Crippen LogP contribution is -2.53. The molecule has 11 nitrogen and oxygen atoms in total. The van der Waals surface area contributed by atoms with Crippen molar-refractivity contribution in [2.75, 3.05) is 59.9 Å². The maximum Gasteiger partial charge on any atom is 0.305 e. The van der Waals surface area contributed by atoms with Gasteiger partial charge in [0.1, 0.15) is 6.61 Å². The van der Waals surface area contributed by atoms with Gasteiger partial charge >= 0.3 is 5.97 Å². The van der Waals surface area contributed by atoms with Crippen LogP contribution in [0, 0.1) is 0 Å². The van der Waals surface area contributed by atoms with Crippen molar-refractivity contribution < 1.29 is 43.9 Å². The summed E-state index contributed by atoms with van der Waals surface area (Å²) in [5.74, 6) is -1.06. The van der Waals surface area contributed by atoms with E-state index in [0.717, 1.165) is 0 Å². The van der Waals surface area contributed by atoms with Gasteiger partial charge in [0.2, 0.25) is 11.8 Å². The zero-order chi connectivity index (χ0) is 25.2. The van der Waals surface area contributed by atoms with E-state index in [1.54, 1.807) is 7.11 Å². The third kappa shape index (κ3) is 11.2. The molecule has 1 unspecified atom stereocenters. The van der Waals surface area contributed by atoms with Crippen LogP contribution in [0.5, 0.6) is 0 Å². The third-order valence-electron chi connectivity index (χ3n) is 5.85. The molecule has 0 aliphatic carbocycles. The van der Waals surface area contributed by atoms with Gasteiger partial charge in [0.05, 0.1) is 32.3 Å². The van der Waals surface area contributed by atoms with Crippen LogP contribution in [0.3, 0.4) is 0 Å². The zero-order valence-corrected chi connectivity index (χ0v) is 20.3. The molecule has 0 aromatic carbocycles. The number of rotatable bonds is 21. The summed E-state index contributed by atoms with van der Waals surface area (Å²) in [6.07, 6.45) is 3.58. The van der Waals surface area contributed by atoms with E-state index in [1.165, 1.54) is 4.90 Å². The Morgan fingerprint density at radius 2 is 1.56 bits per heavy atom. The second-order valence-corrected chi connectivity index (χ2v) is 8.48. The number of imide groups is 1. The molecule has 0 aromatic heterocycles. The number of hydrogen-bond donors (Lipinski definition) is 4. The molecule has 0 radical (unpaired) electrons. The first-order valence-corrected chi connectivity index (χ1v) is 12.1. The highest BCUT2D eigenvalue weighted by Gasteiger charge is 2.42. The Bertz CT molecular complexity index is 581. The molecule has 1 saturated heterocycles. The summed E-state index contributed by atoms with van der Waals surface area (Å²) in [6.45, 7) is 1.38. The molecule has 34 heavy (non-hydrogen) atoms. The van der Waals surface area contributed by atoms with Gasteiger partial charge < -0.3 is 29.5 Å². The van der Waals surface area contributed by atoms with Crippen LogP contribution < -0.4 is 5.32 Å². The normalized spacial score (nSPS) is 16.5. The van der Waals surface area contributed by atoms with E-state index < -0.39 is 17.6 Å². The molecule has 11 heteroatoms. The van der Waals surface area contributed by atoms with Gasteiger partial charge in [-0.1, -0.05) is 0 Å². The van der Waals surface area contributed by atoms with Crippen molar-refractivity contribution in [2.24, 2.45) is 0 Å². The van der Waals surface area contributed by atoms with E-state index in [9.17, 15) is 29.7 Å². The highest BCUT2D eigenvalue weighted by atomic mass is 16.6. The first-order valence-electron chi connectivity index (χ1n) is 12.1. The van der Waals surface area contributed by atoms with Crippen molar-refractivity contribution in [1.82, 2.24) is 10.2 Å². The Hall–Kier alpha value is -1.63. The number of esters is 1. The Balaban J connectivity index is 2.56. The summed E-state index contributed by atoms with van der Waals surface area (Å²) >= 11 is 0. The summed E-state index contributed by atoms with van der Waals surface area (Å²) in [4.78, 5) is 38.5. The first kappa shape index (κ1) is 30.4. The molecule has 1 atom stereocenters. The number of nitrogens with zero attached hydrogens (tertiary/aromatic N) is 1. The quantitative estimate of drug-likeness (QED) is 0.0961. The Morgan fingerprint density at radius 3 is 2.12 bits per heavy atom. The molecule has 0 saturated carbocycles.